The summed E-state index contributed by atoms with van der Waals surface area (Å²) < 4.78 is 0. The van der Waals surface area contributed by atoms with Crippen LogP contribution in [-0.4, -0.2) is 38.0 Å². The molecule has 0 aromatic heterocycles. The van der Waals surface area contributed by atoms with E-state index >= 15 is 0 Å². The molecule has 4 heteroatoms. The van der Waals surface area contributed by atoms with Crippen LogP contribution in [0.3, 0.4) is 0 Å². The molecule has 0 fully saturated rings. The molecule has 19 heavy (non-hydrogen) atoms. The average Bonchev–Trinajstić information content (AvgIpc) is 2.43. The Morgan fingerprint density at radius 2 is 1.84 bits per heavy atom. The number of nitrogens with zero attached hydrogens (tertiary/aromatic N) is 2. The Morgan fingerprint density at radius 3 is 2.26 bits per heavy atom. The Bertz CT molecular complexity index is 400. The number of nitrogens with two attached hydrogens (primary N) is 1. The third kappa shape index (κ3) is 4.24. The molecule has 0 aliphatic heterocycles. The lowest BCUT2D eigenvalue weighted by Crippen LogP contribution is -2.37. The van der Waals surface area contributed by atoms with Crippen LogP contribution >= 0.6 is 0 Å². The molecule has 4 nitrogen and oxygen atoms in total. The molecule has 0 spiro atoms. The highest BCUT2D eigenvalue weighted by Gasteiger charge is 2.17. The second-order valence-corrected chi connectivity index (χ2v) is 5.05. The lowest BCUT2D eigenvalue weighted by Gasteiger charge is -2.24. The number of hydrogen-bond donors (Lipinski definition) is 1. The molecule has 1 aromatic carbocycles. The van der Waals surface area contributed by atoms with Crippen LogP contribution in [0.5, 0.6) is 0 Å². The number of carbonyl (C=O) groups excluding carboxylic acids is 1. The zero-order valence-electron chi connectivity index (χ0n) is 12.4. The van der Waals surface area contributed by atoms with Gasteiger partial charge in [-0.25, -0.2) is 0 Å². The fourth-order valence-corrected chi connectivity index (χ4v) is 1.88. The maximum Gasteiger partial charge on any atom is 0.226 e. The number of benzene rings is 1. The van der Waals surface area contributed by atoms with Crippen LogP contribution < -0.4 is 10.6 Å². The molecule has 2 N–H and O–H groups in total. The second kappa shape index (κ2) is 7.14. The van der Waals surface area contributed by atoms with Crippen molar-refractivity contribution < 1.29 is 4.79 Å². The van der Waals surface area contributed by atoms with Crippen LogP contribution in [0.15, 0.2) is 24.3 Å². The Balaban J connectivity index is 2.73. The maximum atomic E-state index is 12.1. The zero-order chi connectivity index (χ0) is 14.4. The van der Waals surface area contributed by atoms with E-state index in [2.05, 4.69) is 29.2 Å². The van der Waals surface area contributed by atoms with E-state index < -0.39 is 0 Å². The number of anilines is 1. The minimum atomic E-state index is -0.110. The van der Waals surface area contributed by atoms with Gasteiger partial charge in [0.1, 0.15) is 0 Å². The predicted octanol–water partition coefficient (Wildman–Crippen LogP) is 1.70. The minimum absolute atomic E-state index is 0.110. The smallest absolute Gasteiger partial charge is 0.226 e. The lowest BCUT2D eigenvalue weighted by molar-refractivity contribution is -0.135. The SMILES string of the molecule is CCN(Cc1ccc(N(C)C)cc1)C(=O)C(C)CN. The van der Waals surface area contributed by atoms with Gasteiger partial charge in [0, 0.05) is 45.3 Å². The van der Waals surface area contributed by atoms with Crippen molar-refractivity contribution in [2.24, 2.45) is 11.7 Å². The van der Waals surface area contributed by atoms with Crippen molar-refractivity contribution in [2.75, 3.05) is 32.1 Å². The fourth-order valence-electron chi connectivity index (χ4n) is 1.88. The quantitative estimate of drug-likeness (QED) is 0.850. The molecule has 1 atom stereocenters. The highest BCUT2D eigenvalue weighted by atomic mass is 16.2. The standard InChI is InChI=1S/C15H25N3O/c1-5-18(15(19)12(2)10-16)11-13-6-8-14(9-7-13)17(3)4/h6-9,12H,5,10-11,16H2,1-4H3. The molecule has 0 saturated carbocycles. The van der Waals surface area contributed by atoms with E-state index in [0.29, 0.717) is 19.6 Å². The van der Waals surface area contributed by atoms with Gasteiger partial charge in [-0.1, -0.05) is 19.1 Å². The van der Waals surface area contributed by atoms with E-state index in [1.165, 1.54) is 0 Å². The molecular weight excluding hydrogens is 238 g/mol. The summed E-state index contributed by atoms with van der Waals surface area (Å²) in [4.78, 5) is 16.0. The van der Waals surface area contributed by atoms with Crippen LogP contribution in [0.25, 0.3) is 0 Å². The molecule has 0 aliphatic rings. The molecule has 0 bridgehead atoms. The van der Waals surface area contributed by atoms with Gasteiger partial charge in [-0.3, -0.25) is 4.79 Å². The third-order valence-corrected chi connectivity index (χ3v) is 3.29. The highest BCUT2D eigenvalue weighted by molar-refractivity contribution is 5.78. The van der Waals surface area contributed by atoms with Gasteiger partial charge in [-0.2, -0.15) is 0 Å². The molecule has 1 amide bonds. The van der Waals surface area contributed by atoms with Crippen LogP contribution in [0.2, 0.25) is 0 Å². The number of carbonyl (C=O) groups is 1. The summed E-state index contributed by atoms with van der Waals surface area (Å²) in [5.74, 6) is 0.0164. The van der Waals surface area contributed by atoms with E-state index in [9.17, 15) is 4.79 Å². The zero-order valence-corrected chi connectivity index (χ0v) is 12.4. The van der Waals surface area contributed by atoms with Gasteiger partial charge in [0.25, 0.3) is 0 Å². The van der Waals surface area contributed by atoms with Crippen LogP contribution in [0.1, 0.15) is 19.4 Å². The summed E-state index contributed by atoms with van der Waals surface area (Å²) in [6, 6.07) is 8.27. The molecular formula is C15H25N3O. The molecule has 106 valence electrons. The molecule has 0 aliphatic carbocycles. The van der Waals surface area contributed by atoms with Crippen LogP contribution in [0, 0.1) is 5.92 Å². The number of amides is 1. The fraction of sp³-hybridized carbons (Fsp3) is 0.533. The largest absolute Gasteiger partial charge is 0.378 e. The van der Waals surface area contributed by atoms with Crippen LogP contribution in [-0.2, 0) is 11.3 Å². The first-order chi connectivity index (χ1) is 8.99. The van der Waals surface area contributed by atoms with Crippen molar-refractivity contribution in [3.63, 3.8) is 0 Å². The van der Waals surface area contributed by atoms with Crippen molar-refractivity contribution >= 4 is 11.6 Å². The van der Waals surface area contributed by atoms with E-state index in [1.807, 2.05) is 32.8 Å². The summed E-state index contributed by atoms with van der Waals surface area (Å²) >= 11 is 0. The molecule has 0 heterocycles. The Hall–Kier alpha value is -1.55. The van der Waals surface area contributed by atoms with Gasteiger partial charge in [-0.15, -0.1) is 0 Å². The van der Waals surface area contributed by atoms with Crippen molar-refractivity contribution in [1.29, 1.82) is 0 Å². The van der Waals surface area contributed by atoms with Crippen molar-refractivity contribution in [3.8, 4) is 0 Å². The first-order valence-corrected chi connectivity index (χ1v) is 6.74. The van der Waals surface area contributed by atoms with Gasteiger partial charge in [-0.05, 0) is 24.6 Å². The van der Waals surface area contributed by atoms with Gasteiger partial charge in [0.15, 0.2) is 0 Å². The van der Waals surface area contributed by atoms with E-state index in [4.69, 9.17) is 5.73 Å². The number of rotatable bonds is 6. The van der Waals surface area contributed by atoms with E-state index in [1.54, 1.807) is 0 Å². The van der Waals surface area contributed by atoms with Crippen molar-refractivity contribution in [1.82, 2.24) is 4.90 Å². The lowest BCUT2D eigenvalue weighted by atomic mass is 10.1. The van der Waals surface area contributed by atoms with Crippen LogP contribution in [0.4, 0.5) is 5.69 Å². The minimum Gasteiger partial charge on any atom is -0.378 e. The normalized spacial score (nSPS) is 12.1. The molecule has 0 saturated heterocycles. The third-order valence-electron chi connectivity index (χ3n) is 3.29. The summed E-state index contributed by atoms with van der Waals surface area (Å²) in [5.41, 5.74) is 7.86. The van der Waals surface area contributed by atoms with E-state index in [-0.39, 0.29) is 11.8 Å². The predicted molar refractivity (Wildman–Crippen MR) is 80.1 cm³/mol. The maximum absolute atomic E-state index is 12.1. The molecule has 1 unspecified atom stereocenters. The Morgan fingerprint density at radius 1 is 1.26 bits per heavy atom. The number of hydrogen-bond acceptors (Lipinski definition) is 3. The summed E-state index contributed by atoms with van der Waals surface area (Å²) in [5, 5.41) is 0. The molecule has 0 radical (unpaired) electrons. The average molecular weight is 263 g/mol. The summed E-state index contributed by atoms with van der Waals surface area (Å²) in [7, 11) is 4.03. The van der Waals surface area contributed by atoms with Gasteiger partial charge >= 0.3 is 0 Å². The topological polar surface area (TPSA) is 49.6 Å². The first kappa shape index (κ1) is 15.5. The van der Waals surface area contributed by atoms with Gasteiger partial charge in [0.2, 0.25) is 5.91 Å². The first-order valence-electron chi connectivity index (χ1n) is 6.74. The second-order valence-electron chi connectivity index (χ2n) is 5.05. The monoisotopic (exact) mass is 263 g/mol. The Labute approximate surface area is 116 Å². The Kier molecular flexibility index (Phi) is 5.83. The summed E-state index contributed by atoms with van der Waals surface area (Å²) in [6.07, 6.45) is 0. The van der Waals surface area contributed by atoms with Gasteiger partial charge in [0.05, 0.1) is 0 Å². The van der Waals surface area contributed by atoms with E-state index in [0.717, 1.165) is 11.3 Å². The molecule has 1 rings (SSSR count). The van der Waals surface area contributed by atoms with Crippen molar-refractivity contribution in [2.45, 2.75) is 20.4 Å². The van der Waals surface area contributed by atoms with Gasteiger partial charge < -0.3 is 15.5 Å². The highest BCUT2D eigenvalue weighted by Crippen LogP contribution is 2.14. The summed E-state index contributed by atoms with van der Waals surface area (Å²) in [6.45, 7) is 5.62. The molecule has 1 aromatic rings. The van der Waals surface area contributed by atoms with Crippen molar-refractivity contribution in [3.05, 3.63) is 29.8 Å².